The molecule has 0 saturated heterocycles. The summed E-state index contributed by atoms with van der Waals surface area (Å²) in [5.74, 6) is 0.106. The van der Waals surface area contributed by atoms with Gasteiger partial charge in [0.25, 0.3) is 0 Å². The Kier molecular flexibility index (Phi) is 3.89. The molecular weight excluding hydrogens is 238 g/mol. The summed E-state index contributed by atoms with van der Waals surface area (Å²) in [7, 11) is 0. The Bertz CT molecular complexity index is 479. The minimum absolute atomic E-state index is 0.100. The SMILES string of the molecule is O=C(O)Cc1ccc(CNCc2ncc[nH]2)s1. The number of carboxylic acid groups (broad SMARTS) is 1. The first-order valence-corrected chi connectivity index (χ1v) is 6.04. The van der Waals surface area contributed by atoms with Crippen LogP contribution in [-0.4, -0.2) is 21.0 Å². The number of carboxylic acids is 1. The van der Waals surface area contributed by atoms with E-state index >= 15 is 0 Å². The lowest BCUT2D eigenvalue weighted by atomic mass is 10.3. The van der Waals surface area contributed by atoms with Crippen molar-refractivity contribution in [3.8, 4) is 0 Å². The normalized spacial score (nSPS) is 10.6. The number of hydrogen-bond donors (Lipinski definition) is 3. The number of hydrogen-bond acceptors (Lipinski definition) is 4. The van der Waals surface area contributed by atoms with E-state index in [9.17, 15) is 4.79 Å². The quantitative estimate of drug-likeness (QED) is 0.725. The van der Waals surface area contributed by atoms with E-state index < -0.39 is 5.97 Å². The molecule has 0 aliphatic carbocycles. The molecule has 90 valence electrons. The Labute approximate surface area is 103 Å². The number of aromatic nitrogens is 2. The monoisotopic (exact) mass is 251 g/mol. The van der Waals surface area contributed by atoms with Gasteiger partial charge < -0.3 is 15.4 Å². The number of H-pyrrole nitrogens is 1. The number of nitrogens with zero attached hydrogens (tertiary/aromatic N) is 1. The number of aromatic amines is 1. The Morgan fingerprint density at radius 1 is 1.41 bits per heavy atom. The van der Waals surface area contributed by atoms with Crippen LogP contribution in [0, 0.1) is 0 Å². The van der Waals surface area contributed by atoms with E-state index in [0.29, 0.717) is 6.54 Å². The second kappa shape index (κ2) is 5.60. The van der Waals surface area contributed by atoms with Gasteiger partial charge >= 0.3 is 5.97 Å². The lowest BCUT2D eigenvalue weighted by molar-refractivity contribution is -0.136. The van der Waals surface area contributed by atoms with E-state index in [2.05, 4.69) is 15.3 Å². The first-order valence-electron chi connectivity index (χ1n) is 5.22. The zero-order chi connectivity index (χ0) is 12.1. The van der Waals surface area contributed by atoms with Gasteiger partial charge in [0.1, 0.15) is 5.82 Å². The van der Waals surface area contributed by atoms with Crippen LogP contribution in [0.1, 0.15) is 15.6 Å². The molecule has 0 aliphatic rings. The average molecular weight is 251 g/mol. The van der Waals surface area contributed by atoms with Crippen LogP contribution in [0.2, 0.25) is 0 Å². The molecule has 0 unspecified atom stereocenters. The van der Waals surface area contributed by atoms with Crippen LogP contribution in [0.25, 0.3) is 0 Å². The molecule has 2 aromatic heterocycles. The third-order valence-corrected chi connectivity index (χ3v) is 3.27. The molecule has 0 aromatic carbocycles. The van der Waals surface area contributed by atoms with E-state index in [-0.39, 0.29) is 6.42 Å². The highest BCUT2D eigenvalue weighted by atomic mass is 32.1. The van der Waals surface area contributed by atoms with Gasteiger partial charge in [-0.25, -0.2) is 4.98 Å². The van der Waals surface area contributed by atoms with Crippen molar-refractivity contribution in [3.05, 3.63) is 40.1 Å². The number of nitrogens with one attached hydrogen (secondary N) is 2. The molecule has 17 heavy (non-hydrogen) atoms. The number of aliphatic carboxylic acids is 1. The van der Waals surface area contributed by atoms with Gasteiger partial charge in [0, 0.05) is 28.7 Å². The maximum Gasteiger partial charge on any atom is 0.308 e. The van der Waals surface area contributed by atoms with Gasteiger partial charge in [0.15, 0.2) is 0 Å². The number of imidazole rings is 1. The third-order valence-electron chi connectivity index (χ3n) is 2.19. The van der Waals surface area contributed by atoms with Crippen molar-refractivity contribution < 1.29 is 9.90 Å². The average Bonchev–Trinajstić information content (AvgIpc) is 2.89. The van der Waals surface area contributed by atoms with Crippen LogP contribution < -0.4 is 5.32 Å². The van der Waals surface area contributed by atoms with Gasteiger partial charge in [0.2, 0.25) is 0 Å². The summed E-state index contributed by atoms with van der Waals surface area (Å²) in [4.78, 5) is 19.6. The zero-order valence-electron chi connectivity index (χ0n) is 9.14. The number of thiophene rings is 1. The molecule has 5 nitrogen and oxygen atoms in total. The fourth-order valence-electron chi connectivity index (χ4n) is 1.46. The lowest BCUT2D eigenvalue weighted by Gasteiger charge is -1.99. The van der Waals surface area contributed by atoms with E-state index in [4.69, 9.17) is 5.11 Å². The molecule has 0 radical (unpaired) electrons. The van der Waals surface area contributed by atoms with E-state index in [1.54, 1.807) is 12.4 Å². The fourth-order valence-corrected chi connectivity index (χ4v) is 2.44. The molecule has 0 fully saturated rings. The van der Waals surface area contributed by atoms with Gasteiger partial charge in [-0.05, 0) is 12.1 Å². The predicted octanol–water partition coefficient (Wildman–Crippen LogP) is 1.39. The third kappa shape index (κ3) is 3.69. The van der Waals surface area contributed by atoms with Crippen molar-refractivity contribution in [2.45, 2.75) is 19.5 Å². The number of rotatable bonds is 6. The van der Waals surface area contributed by atoms with Crippen molar-refractivity contribution in [2.75, 3.05) is 0 Å². The Balaban J connectivity index is 1.79. The van der Waals surface area contributed by atoms with E-state index in [1.165, 1.54) is 11.3 Å². The molecule has 3 N–H and O–H groups in total. The first kappa shape index (κ1) is 11.8. The summed E-state index contributed by atoms with van der Waals surface area (Å²) in [6.45, 7) is 1.41. The molecule has 2 aromatic rings. The highest BCUT2D eigenvalue weighted by Gasteiger charge is 2.04. The maximum absolute atomic E-state index is 10.5. The van der Waals surface area contributed by atoms with Crippen molar-refractivity contribution >= 4 is 17.3 Å². The van der Waals surface area contributed by atoms with Gasteiger partial charge in [-0.3, -0.25) is 4.79 Å². The fraction of sp³-hybridized carbons (Fsp3) is 0.273. The minimum Gasteiger partial charge on any atom is -0.481 e. The molecule has 0 amide bonds. The smallest absolute Gasteiger partial charge is 0.308 e. The topological polar surface area (TPSA) is 78.0 Å². The molecular formula is C11H13N3O2S. The van der Waals surface area contributed by atoms with E-state index in [1.807, 2.05) is 12.1 Å². The van der Waals surface area contributed by atoms with Crippen LogP contribution in [0.15, 0.2) is 24.5 Å². The molecule has 2 heterocycles. The largest absolute Gasteiger partial charge is 0.481 e. The molecule has 0 bridgehead atoms. The summed E-state index contributed by atoms with van der Waals surface area (Å²) in [5.41, 5.74) is 0. The van der Waals surface area contributed by atoms with Crippen LogP contribution in [0.3, 0.4) is 0 Å². The summed E-state index contributed by atoms with van der Waals surface area (Å²) < 4.78 is 0. The van der Waals surface area contributed by atoms with Crippen molar-refractivity contribution in [1.82, 2.24) is 15.3 Å². The Morgan fingerprint density at radius 3 is 2.94 bits per heavy atom. The second-order valence-electron chi connectivity index (χ2n) is 3.58. The van der Waals surface area contributed by atoms with Gasteiger partial charge in [-0.1, -0.05) is 0 Å². The Hall–Kier alpha value is -1.66. The zero-order valence-corrected chi connectivity index (χ0v) is 9.96. The van der Waals surface area contributed by atoms with E-state index in [0.717, 1.165) is 22.1 Å². The van der Waals surface area contributed by atoms with Gasteiger partial charge in [0.05, 0.1) is 13.0 Å². The molecule has 0 saturated carbocycles. The number of carbonyl (C=O) groups is 1. The standard InChI is InChI=1S/C11H13N3O2S/c15-11(16)5-8-1-2-9(17-8)6-12-7-10-13-3-4-14-10/h1-4,12H,5-7H2,(H,13,14)(H,15,16). The van der Waals surface area contributed by atoms with Crippen molar-refractivity contribution in [1.29, 1.82) is 0 Å². The summed E-state index contributed by atoms with van der Waals surface area (Å²) in [6.07, 6.45) is 3.60. The predicted molar refractivity (Wildman–Crippen MR) is 64.8 cm³/mol. The van der Waals surface area contributed by atoms with Crippen LogP contribution >= 0.6 is 11.3 Å². The van der Waals surface area contributed by atoms with Gasteiger partial charge in [-0.15, -0.1) is 11.3 Å². The first-order chi connectivity index (χ1) is 8.24. The highest BCUT2D eigenvalue weighted by Crippen LogP contribution is 2.16. The van der Waals surface area contributed by atoms with Crippen molar-refractivity contribution in [2.24, 2.45) is 0 Å². The molecule has 0 atom stereocenters. The van der Waals surface area contributed by atoms with Crippen molar-refractivity contribution in [3.63, 3.8) is 0 Å². The highest BCUT2D eigenvalue weighted by molar-refractivity contribution is 7.12. The van der Waals surface area contributed by atoms with Gasteiger partial charge in [-0.2, -0.15) is 0 Å². The summed E-state index contributed by atoms with van der Waals surface area (Å²) in [5, 5.41) is 11.9. The molecule has 0 aliphatic heterocycles. The summed E-state index contributed by atoms with van der Waals surface area (Å²) >= 11 is 1.52. The summed E-state index contributed by atoms with van der Waals surface area (Å²) in [6, 6.07) is 3.82. The molecule has 0 spiro atoms. The minimum atomic E-state index is -0.790. The Morgan fingerprint density at radius 2 is 2.24 bits per heavy atom. The molecule has 2 rings (SSSR count). The van der Waals surface area contributed by atoms with Crippen LogP contribution in [-0.2, 0) is 24.3 Å². The molecule has 6 heteroatoms. The second-order valence-corrected chi connectivity index (χ2v) is 4.83. The maximum atomic E-state index is 10.5. The van der Waals surface area contributed by atoms with Crippen LogP contribution in [0.4, 0.5) is 0 Å². The van der Waals surface area contributed by atoms with Crippen LogP contribution in [0.5, 0.6) is 0 Å². The lowest BCUT2D eigenvalue weighted by Crippen LogP contribution is -2.12.